The second-order valence-corrected chi connectivity index (χ2v) is 8.32. The molecule has 7 heteroatoms. The van der Waals surface area contributed by atoms with Gasteiger partial charge in [-0.25, -0.2) is 0 Å². The van der Waals surface area contributed by atoms with Gasteiger partial charge in [0.15, 0.2) is 11.5 Å². The number of hydrogen-bond donors (Lipinski definition) is 4. The third kappa shape index (κ3) is 8.99. The van der Waals surface area contributed by atoms with Gasteiger partial charge in [-0.05, 0) is 60.1 Å². The molecule has 2 rings (SSSR count). The van der Waals surface area contributed by atoms with Crippen molar-refractivity contribution >= 4 is 6.08 Å². The predicted molar refractivity (Wildman–Crippen MR) is 132 cm³/mol. The highest BCUT2D eigenvalue weighted by Gasteiger charge is 2.16. The van der Waals surface area contributed by atoms with Gasteiger partial charge in [-0.1, -0.05) is 38.1 Å². The van der Waals surface area contributed by atoms with Crippen LogP contribution in [0.2, 0.25) is 0 Å². The molecule has 34 heavy (non-hydrogen) atoms. The third-order valence-electron chi connectivity index (χ3n) is 5.62. The number of hydrogen-bond acceptors (Lipinski definition) is 7. The van der Waals surface area contributed by atoms with Gasteiger partial charge in [0.2, 0.25) is 0 Å². The predicted octanol–water partition coefficient (Wildman–Crippen LogP) is 2.86. The molecule has 4 N–H and O–H groups in total. The Kier molecular flexibility index (Phi) is 12.5. The van der Waals surface area contributed by atoms with Gasteiger partial charge < -0.3 is 34.6 Å². The van der Waals surface area contributed by atoms with Crippen LogP contribution in [-0.2, 0) is 12.8 Å². The van der Waals surface area contributed by atoms with Gasteiger partial charge in [-0.15, -0.1) is 0 Å². The van der Waals surface area contributed by atoms with Gasteiger partial charge in [-0.2, -0.15) is 0 Å². The van der Waals surface area contributed by atoms with Crippen molar-refractivity contribution in [3.8, 4) is 17.2 Å². The molecule has 0 saturated heterocycles. The Hall–Kier alpha value is -2.58. The molecule has 188 valence electrons. The van der Waals surface area contributed by atoms with E-state index in [-0.39, 0.29) is 46.2 Å². The zero-order valence-corrected chi connectivity index (χ0v) is 20.2. The Morgan fingerprint density at radius 2 is 1.18 bits per heavy atom. The van der Waals surface area contributed by atoms with Crippen molar-refractivity contribution in [2.45, 2.75) is 26.7 Å². The topological polar surface area (TPSA) is 109 Å². The second kappa shape index (κ2) is 15.3. The molecule has 0 fully saturated rings. The fraction of sp³-hybridized carbons (Fsp3) is 0.481. The monoisotopic (exact) mass is 474 g/mol. The molecule has 7 nitrogen and oxygen atoms in total. The summed E-state index contributed by atoms with van der Waals surface area (Å²) in [6, 6.07) is 11.8. The van der Waals surface area contributed by atoms with Crippen molar-refractivity contribution in [3.05, 3.63) is 59.2 Å². The van der Waals surface area contributed by atoms with Crippen molar-refractivity contribution in [1.29, 1.82) is 0 Å². The standard InChI is InChI=1S/C27H38O7/c1-20(16-22-5-7-25(32-13-10-29)24(18-22)4-3-9-28)21(2)17-23-6-8-26(33-14-11-30)27(19-23)34-15-12-31/h3-8,18-21,28-31H,9-17H2,1-2H3/b4-3+/t20-,21+/m0/s1. The van der Waals surface area contributed by atoms with Gasteiger partial charge in [0.1, 0.15) is 25.6 Å². The lowest BCUT2D eigenvalue weighted by Gasteiger charge is -2.21. The van der Waals surface area contributed by atoms with Gasteiger partial charge in [0, 0.05) is 5.56 Å². The Morgan fingerprint density at radius 1 is 0.676 bits per heavy atom. The first kappa shape index (κ1) is 27.7. The van der Waals surface area contributed by atoms with Crippen LogP contribution in [0.3, 0.4) is 0 Å². The summed E-state index contributed by atoms with van der Waals surface area (Å²) in [5.74, 6) is 2.59. The molecular weight excluding hydrogens is 436 g/mol. The fourth-order valence-electron chi connectivity index (χ4n) is 3.69. The Balaban J connectivity index is 2.09. The summed E-state index contributed by atoms with van der Waals surface area (Å²) < 4.78 is 16.8. The lowest BCUT2D eigenvalue weighted by molar-refractivity contribution is 0.178. The summed E-state index contributed by atoms with van der Waals surface area (Å²) in [7, 11) is 0. The lowest BCUT2D eigenvalue weighted by atomic mass is 9.85. The van der Waals surface area contributed by atoms with Gasteiger partial charge in [-0.3, -0.25) is 0 Å². The summed E-state index contributed by atoms with van der Waals surface area (Å²) in [4.78, 5) is 0. The minimum atomic E-state index is -0.0869. The molecule has 2 aromatic carbocycles. The summed E-state index contributed by atoms with van der Waals surface area (Å²) >= 11 is 0. The van der Waals surface area contributed by atoms with E-state index in [1.165, 1.54) is 5.56 Å². The lowest BCUT2D eigenvalue weighted by Crippen LogP contribution is -2.14. The van der Waals surface area contributed by atoms with Gasteiger partial charge in [0.05, 0.1) is 26.4 Å². The molecule has 0 spiro atoms. The van der Waals surface area contributed by atoms with E-state index >= 15 is 0 Å². The first-order valence-electron chi connectivity index (χ1n) is 11.8. The van der Waals surface area contributed by atoms with E-state index in [4.69, 9.17) is 34.6 Å². The average Bonchev–Trinajstić information content (AvgIpc) is 2.84. The maximum absolute atomic E-state index is 9.14. The number of benzene rings is 2. The normalized spacial score (nSPS) is 13.1. The summed E-state index contributed by atoms with van der Waals surface area (Å²) in [6.45, 7) is 4.76. The van der Waals surface area contributed by atoms with Crippen LogP contribution in [0.15, 0.2) is 42.5 Å². The zero-order chi connectivity index (χ0) is 24.8. The second-order valence-electron chi connectivity index (χ2n) is 8.32. The van der Waals surface area contributed by atoms with Crippen molar-refractivity contribution in [3.63, 3.8) is 0 Å². The average molecular weight is 475 g/mol. The molecule has 0 heterocycles. The third-order valence-corrected chi connectivity index (χ3v) is 5.62. The van der Waals surface area contributed by atoms with Crippen LogP contribution in [0.1, 0.15) is 30.5 Å². The van der Waals surface area contributed by atoms with E-state index in [0.717, 1.165) is 24.0 Å². The van der Waals surface area contributed by atoms with E-state index in [1.54, 1.807) is 6.08 Å². The van der Waals surface area contributed by atoms with E-state index in [1.807, 2.05) is 36.4 Å². The SMILES string of the molecule is C[C@H](Cc1ccc(OCCO)c(OCCO)c1)[C@@H](C)Cc1ccc(OCCO)c(/C=C/CO)c1. The number of rotatable bonds is 16. The maximum Gasteiger partial charge on any atom is 0.161 e. The number of aliphatic hydroxyl groups is 4. The number of ether oxygens (including phenoxy) is 3. The summed E-state index contributed by atoms with van der Waals surface area (Å²) in [6.07, 6.45) is 5.23. The molecule has 0 saturated carbocycles. The van der Waals surface area contributed by atoms with Crippen LogP contribution in [0.4, 0.5) is 0 Å². The summed E-state index contributed by atoms with van der Waals surface area (Å²) in [5.41, 5.74) is 3.17. The van der Waals surface area contributed by atoms with E-state index < -0.39 is 0 Å². The molecule has 0 radical (unpaired) electrons. The van der Waals surface area contributed by atoms with E-state index in [2.05, 4.69) is 19.9 Å². The first-order valence-corrected chi connectivity index (χ1v) is 11.8. The molecule has 0 bridgehead atoms. The highest BCUT2D eigenvalue weighted by atomic mass is 16.5. The molecule has 0 aliphatic rings. The van der Waals surface area contributed by atoms with Crippen molar-refractivity contribution < 1.29 is 34.6 Å². The zero-order valence-electron chi connectivity index (χ0n) is 20.2. The molecular formula is C27H38O7. The Morgan fingerprint density at radius 3 is 1.74 bits per heavy atom. The minimum Gasteiger partial charge on any atom is -0.491 e. The summed E-state index contributed by atoms with van der Waals surface area (Å²) in [5, 5.41) is 36.3. The Labute approximate surface area is 202 Å². The molecule has 0 unspecified atom stereocenters. The highest BCUT2D eigenvalue weighted by Crippen LogP contribution is 2.31. The molecule has 2 aromatic rings. The molecule has 2 atom stereocenters. The van der Waals surface area contributed by atoms with E-state index in [9.17, 15) is 0 Å². The molecule has 0 aromatic heterocycles. The van der Waals surface area contributed by atoms with Crippen LogP contribution in [0.5, 0.6) is 17.2 Å². The fourth-order valence-corrected chi connectivity index (χ4v) is 3.69. The first-order chi connectivity index (χ1) is 16.5. The van der Waals surface area contributed by atoms with Crippen molar-refractivity contribution in [1.82, 2.24) is 0 Å². The Bertz CT molecular complexity index is 881. The minimum absolute atomic E-state index is 0.0507. The van der Waals surface area contributed by atoms with Crippen LogP contribution in [-0.4, -0.2) is 66.7 Å². The highest BCUT2D eigenvalue weighted by molar-refractivity contribution is 5.58. The smallest absolute Gasteiger partial charge is 0.161 e. The van der Waals surface area contributed by atoms with Crippen LogP contribution < -0.4 is 14.2 Å². The van der Waals surface area contributed by atoms with Gasteiger partial charge >= 0.3 is 0 Å². The molecule has 0 aliphatic carbocycles. The quantitative estimate of drug-likeness (QED) is 0.296. The maximum atomic E-state index is 9.14. The van der Waals surface area contributed by atoms with Crippen molar-refractivity contribution in [2.75, 3.05) is 46.2 Å². The van der Waals surface area contributed by atoms with Crippen LogP contribution in [0, 0.1) is 11.8 Å². The number of aliphatic hydroxyl groups excluding tert-OH is 4. The molecule has 0 amide bonds. The largest absolute Gasteiger partial charge is 0.491 e. The van der Waals surface area contributed by atoms with Crippen molar-refractivity contribution in [2.24, 2.45) is 11.8 Å². The molecule has 0 aliphatic heterocycles. The van der Waals surface area contributed by atoms with Crippen LogP contribution in [0.25, 0.3) is 6.08 Å². The van der Waals surface area contributed by atoms with E-state index in [0.29, 0.717) is 29.1 Å². The van der Waals surface area contributed by atoms with Gasteiger partial charge in [0.25, 0.3) is 0 Å². The van der Waals surface area contributed by atoms with Crippen LogP contribution >= 0.6 is 0 Å².